The summed E-state index contributed by atoms with van der Waals surface area (Å²) in [5, 5.41) is 0. The number of aliphatic imine (C=N–C) groups is 1. The van der Waals surface area contributed by atoms with Gasteiger partial charge in [0.25, 0.3) is 0 Å². The average Bonchev–Trinajstić information content (AvgIpc) is 2.41. The molecule has 0 fully saturated rings. The fourth-order valence-electron chi connectivity index (χ4n) is 0.664. The summed E-state index contributed by atoms with van der Waals surface area (Å²) in [5.41, 5.74) is 0. The van der Waals surface area contributed by atoms with Crippen molar-refractivity contribution in [1.82, 2.24) is 0 Å². The Kier molecular flexibility index (Phi) is 4.30. The first-order valence-electron chi connectivity index (χ1n) is 3.53. The van der Waals surface area contributed by atoms with E-state index in [1.54, 1.807) is 0 Å². The van der Waals surface area contributed by atoms with Gasteiger partial charge < -0.3 is 0 Å². The van der Waals surface area contributed by atoms with Crippen LogP contribution >= 0.6 is 23.5 Å². The van der Waals surface area contributed by atoms with E-state index < -0.39 is 0 Å². The molecule has 1 radical (unpaired) electrons. The maximum Gasteiger partial charge on any atom is 0.124 e. The van der Waals surface area contributed by atoms with E-state index in [0.29, 0.717) is 0 Å². The molecule has 0 aromatic carbocycles. The molecule has 0 saturated carbocycles. The molecule has 3 heteroatoms. The number of unbranched alkanes of at least 4 members (excludes halogenated alkanes) is 1. The molecule has 0 N–H and O–H groups in total. The van der Waals surface area contributed by atoms with Crippen LogP contribution in [0.15, 0.2) is 4.99 Å². The maximum atomic E-state index is 4.33. The Morgan fingerprint density at radius 3 is 3.20 bits per heavy atom. The molecule has 0 bridgehead atoms. The molecule has 1 heterocycles. The summed E-state index contributed by atoms with van der Waals surface area (Å²) in [7, 11) is 0. The van der Waals surface area contributed by atoms with Crippen molar-refractivity contribution in [3.63, 3.8) is 0 Å². The van der Waals surface area contributed by atoms with E-state index >= 15 is 0 Å². The third kappa shape index (κ3) is 2.97. The van der Waals surface area contributed by atoms with Gasteiger partial charge in [-0.2, -0.15) is 0 Å². The smallest absolute Gasteiger partial charge is 0.124 e. The number of hydrogen-bond donors (Lipinski definition) is 0. The summed E-state index contributed by atoms with van der Waals surface area (Å²) in [4.78, 5) is 4.33. The van der Waals surface area contributed by atoms with Crippen LogP contribution < -0.4 is 0 Å². The van der Waals surface area contributed by atoms with Crippen LogP contribution in [0.2, 0.25) is 0 Å². The van der Waals surface area contributed by atoms with Gasteiger partial charge in [0.15, 0.2) is 0 Å². The molecule has 1 aliphatic heterocycles. The third-order valence-corrected chi connectivity index (χ3v) is 3.52. The predicted octanol–water partition coefficient (Wildman–Crippen LogP) is 2.44. The lowest BCUT2D eigenvalue weighted by molar-refractivity contribution is 0.972. The number of nitrogens with zero attached hydrogens (tertiary/aromatic N) is 1. The van der Waals surface area contributed by atoms with Crippen LogP contribution in [0.3, 0.4) is 0 Å². The molecule has 10 heavy (non-hydrogen) atoms. The van der Waals surface area contributed by atoms with Crippen molar-refractivity contribution in [2.24, 2.45) is 4.99 Å². The minimum absolute atomic E-state index is 1.03. The van der Waals surface area contributed by atoms with Crippen LogP contribution in [0.4, 0.5) is 0 Å². The van der Waals surface area contributed by atoms with E-state index in [1.165, 1.54) is 22.3 Å². The normalized spacial score (nSPS) is 17.5. The Bertz CT molecular complexity index is 123. The summed E-state index contributed by atoms with van der Waals surface area (Å²) in [5.74, 6) is 2.38. The molecule has 0 aliphatic carbocycles. The van der Waals surface area contributed by atoms with E-state index in [9.17, 15) is 0 Å². The van der Waals surface area contributed by atoms with Crippen LogP contribution in [0.5, 0.6) is 0 Å². The lowest BCUT2D eigenvalue weighted by Gasteiger charge is -1.96. The topological polar surface area (TPSA) is 12.4 Å². The Labute approximate surface area is 71.1 Å². The van der Waals surface area contributed by atoms with Crippen molar-refractivity contribution < 1.29 is 0 Å². The van der Waals surface area contributed by atoms with Crippen molar-refractivity contribution in [2.45, 2.75) is 12.8 Å². The van der Waals surface area contributed by atoms with Crippen LogP contribution in [-0.4, -0.2) is 22.4 Å². The SMILES string of the molecule is [CH2]CCCSC1=NCCS1. The summed E-state index contributed by atoms with van der Waals surface area (Å²) in [6.07, 6.45) is 2.26. The van der Waals surface area contributed by atoms with Gasteiger partial charge in [-0.05, 0) is 12.2 Å². The first kappa shape index (κ1) is 8.47. The van der Waals surface area contributed by atoms with Crippen LogP contribution in [0.1, 0.15) is 12.8 Å². The highest BCUT2D eigenvalue weighted by atomic mass is 32.2. The molecular weight excluding hydrogens is 162 g/mol. The van der Waals surface area contributed by atoms with Crippen LogP contribution in [0.25, 0.3) is 0 Å². The lowest BCUT2D eigenvalue weighted by atomic mass is 10.4. The fraction of sp³-hybridized carbons (Fsp3) is 0.714. The standard InChI is InChI=1S/C7H12NS2/c1-2-3-5-9-7-8-4-6-10-7/h1-6H2. The first-order chi connectivity index (χ1) is 4.93. The molecule has 1 nitrogen and oxygen atoms in total. The van der Waals surface area contributed by atoms with E-state index in [0.717, 1.165) is 13.0 Å². The maximum absolute atomic E-state index is 4.33. The van der Waals surface area contributed by atoms with E-state index in [2.05, 4.69) is 11.9 Å². The first-order valence-corrected chi connectivity index (χ1v) is 5.50. The highest BCUT2D eigenvalue weighted by Crippen LogP contribution is 2.22. The van der Waals surface area contributed by atoms with Gasteiger partial charge in [0.05, 0.1) is 6.54 Å². The van der Waals surface area contributed by atoms with Crippen molar-refractivity contribution >= 4 is 27.9 Å². The third-order valence-electron chi connectivity index (χ3n) is 1.18. The number of rotatable bonds is 3. The summed E-state index contributed by atoms with van der Waals surface area (Å²) >= 11 is 3.77. The van der Waals surface area contributed by atoms with Gasteiger partial charge in [-0.3, -0.25) is 4.99 Å². The van der Waals surface area contributed by atoms with Crippen molar-refractivity contribution in [3.05, 3.63) is 6.92 Å². The molecule has 57 valence electrons. The molecule has 0 spiro atoms. The van der Waals surface area contributed by atoms with Gasteiger partial charge >= 0.3 is 0 Å². The van der Waals surface area contributed by atoms with Gasteiger partial charge in [-0.25, -0.2) is 0 Å². The Balaban J connectivity index is 2.01. The second-order valence-corrected chi connectivity index (χ2v) is 4.48. The predicted molar refractivity (Wildman–Crippen MR) is 51.8 cm³/mol. The van der Waals surface area contributed by atoms with E-state index in [1.807, 2.05) is 23.5 Å². The monoisotopic (exact) mass is 174 g/mol. The van der Waals surface area contributed by atoms with Gasteiger partial charge in [-0.1, -0.05) is 36.9 Å². The summed E-state index contributed by atoms with van der Waals surface area (Å²) in [6.45, 7) is 4.81. The summed E-state index contributed by atoms with van der Waals surface area (Å²) < 4.78 is 1.29. The molecule has 1 rings (SSSR count). The van der Waals surface area contributed by atoms with Crippen LogP contribution in [-0.2, 0) is 0 Å². The Hall–Kier alpha value is 0.370. The van der Waals surface area contributed by atoms with E-state index in [-0.39, 0.29) is 0 Å². The van der Waals surface area contributed by atoms with Gasteiger partial charge in [0.2, 0.25) is 0 Å². The zero-order valence-corrected chi connectivity index (χ0v) is 7.64. The minimum Gasteiger partial charge on any atom is -0.271 e. The van der Waals surface area contributed by atoms with Gasteiger partial charge in [0, 0.05) is 5.75 Å². The van der Waals surface area contributed by atoms with Crippen molar-refractivity contribution in [2.75, 3.05) is 18.1 Å². The molecule has 0 atom stereocenters. The molecular formula is C7H12NS2. The van der Waals surface area contributed by atoms with Crippen molar-refractivity contribution in [3.8, 4) is 0 Å². The highest BCUT2D eigenvalue weighted by Gasteiger charge is 2.05. The number of thioether (sulfide) groups is 2. The average molecular weight is 174 g/mol. The van der Waals surface area contributed by atoms with Crippen LogP contribution in [0, 0.1) is 6.92 Å². The van der Waals surface area contributed by atoms with Crippen molar-refractivity contribution in [1.29, 1.82) is 0 Å². The van der Waals surface area contributed by atoms with Gasteiger partial charge in [-0.15, -0.1) is 0 Å². The quantitative estimate of drug-likeness (QED) is 0.609. The molecule has 0 saturated heterocycles. The summed E-state index contributed by atoms with van der Waals surface area (Å²) in [6, 6.07) is 0. The minimum atomic E-state index is 1.03. The largest absolute Gasteiger partial charge is 0.271 e. The molecule has 0 amide bonds. The zero-order valence-electron chi connectivity index (χ0n) is 6.01. The van der Waals surface area contributed by atoms with E-state index in [4.69, 9.17) is 0 Å². The second kappa shape index (κ2) is 5.08. The lowest BCUT2D eigenvalue weighted by Crippen LogP contribution is -1.83. The fourth-order valence-corrected chi connectivity index (χ4v) is 2.74. The number of hydrogen-bond acceptors (Lipinski definition) is 3. The highest BCUT2D eigenvalue weighted by molar-refractivity contribution is 8.39. The molecule has 0 unspecified atom stereocenters. The molecule has 1 aliphatic rings. The molecule has 0 aromatic heterocycles. The van der Waals surface area contributed by atoms with Gasteiger partial charge in [0.1, 0.15) is 4.38 Å². The second-order valence-electron chi connectivity index (χ2n) is 2.05. The Morgan fingerprint density at radius 1 is 1.70 bits per heavy atom. The molecule has 0 aromatic rings. The zero-order chi connectivity index (χ0) is 7.23. The Morgan fingerprint density at radius 2 is 2.60 bits per heavy atom.